The summed E-state index contributed by atoms with van der Waals surface area (Å²) in [6, 6.07) is 11.7. The minimum atomic E-state index is -0.139. The van der Waals surface area contributed by atoms with Gasteiger partial charge in [0.25, 0.3) is 5.91 Å². The number of amides is 1. The molecule has 0 unspecified atom stereocenters. The van der Waals surface area contributed by atoms with E-state index in [-0.39, 0.29) is 11.9 Å². The average Bonchev–Trinajstić information content (AvgIpc) is 3.51. The molecule has 1 aromatic heterocycles. The number of hydrogen-bond acceptors (Lipinski definition) is 6. The summed E-state index contributed by atoms with van der Waals surface area (Å²) in [6.45, 7) is 2.78. The molecule has 2 N–H and O–H groups in total. The zero-order chi connectivity index (χ0) is 22.5. The molecule has 0 spiro atoms. The fraction of sp³-hybridized carbons (Fsp3) is 0.308. The van der Waals surface area contributed by atoms with Crippen LogP contribution in [-0.2, 0) is 22.7 Å². The minimum absolute atomic E-state index is 0.0564. The van der Waals surface area contributed by atoms with Crippen LogP contribution in [0, 0.1) is 0 Å². The van der Waals surface area contributed by atoms with Crippen LogP contribution in [0.15, 0.2) is 42.5 Å². The second-order valence-corrected chi connectivity index (χ2v) is 8.73. The topological polar surface area (TPSA) is 86.9 Å². The number of likely N-dealkylation sites (N-methyl/N-ethyl adjacent to an activating group) is 1. The van der Waals surface area contributed by atoms with E-state index < -0.39 is 0 Å². The summed E-state index contributed by atoms with van der Waals surface area (Å²) < 4.78 is 17.0. The van der Waals surface area contributed by atoms with E-state index in [1.165, 1.54) is 5.57 Å². The van der Waals surface area contributed by atoms with Crippen LogP contribution in [0.3, 0.4) is 0 Å². The number of fused-ring (bicyclic) bond motifs is 4. The number of carbonyl (C=O) groups is 1. The minimum Gasteiger partial charge on any atom is -0.491 e. The van der Waals surface area contributed by atoms with Crippen LogP contribution < -0.4 is 10.5 Å². The molecule has 3 aromatic rings. The highest BCUT2D eigenvalue weighted by atomic mass is 16.5. The Morgan fingerprint density at radius 1 is 1.12 bits per heavy atom. The van der Waals surface area contributed by atoms with E-state index >= 15 is 0 Å². The van der Waals surface area contributed by atoms with Crippen molar-refractivity contribution < 1.29 is 19.0 Å². The third-order valence-electron chi connectivity index (χ3n) is 6.87. The van der Waals surface area contributed by atoms with Crippen molar-refractivity contribution in [2.24, 2.45) is 0 Å². The van der Waals surface area contributed by atoms with Crippen LogP contribution in [-0.4, -0.2) is 42.7 Å². The van der Waals surface area contributed by atoms with Crippen LogP contribution >= 0.6 is 0 Å². The number of anilines is 1. The van der Waals surface area contributed by atoms with E-state index in [0.29, 0.717) is 37.8 Å². The van der Waals surface area contributed by atoms with E-state index in [2.05, 4.69) is 29.3 Å². The first kappa shape index (κ1) is 20.2. The number of nitrogens with zero attached hydrogens (tertiary/aromatic N) is 2. The molecule has 2 aromatic carbocycles. The number of rotatable bonds is 3. The summed E-state index contributed by atoms with van der Waals surface area (Å²) in [4.78, 5) is 19.7. The third-order valence-corrected chi connectivity index (χ3v) is 6.87. The first-order valence-corrected chi connectivity index (χ1v) is 11.2. The smallest absolute Gasteiger partial charge is 0.254 e. The van der Waals surface area contributed by atoms with E-state index in [9.17, 15) is 4.79 Å². The highest BCUT2D eigenvalue weighted by molar-refractivity contribution is 5.99. The molecule has 7 heteroatoms. The lowest BCUT2D eigenvalue weighted by Gasteiger charge is -2.24. The lowest BCUT2D eigenvalue weighted by atomic mass is 9.97. The van der Waals surface area contributed by atoms with E-state index in [1.54, 1.807) is 4.90 Å². The molecule has 1 amide bonds. The van der Waals surface area contributed by atoms with Crippen molar-refractivity contribution in [1.29, 1.82) is 0 Å². The highest BCUT2D eigenvalue weighted by Gasteiger charge is 2.31. The van der Waals surface area contributed by atoms with Gasteiger partial charge in [-0.15, -0.1) is 0 Å². The zero-order valence-electron chi connectivity index (χ0n) is 18.5. The molecule has 168 valence electrons. The van der Waals surface area contributed by atoms with Crippen molar-refractivity contribution in [3.8, 4) is 5.75 Å². The fourth-order valence-corrected chi connectivity index (χ4v) is 4.95. The Morgan fingerprint density at radius 3 is 2.85 bits per heavy atom. The molecule has 0 saturated carbocycles. The number of benzene rings is 2. The van der Waals surface area contributed by atoms with Gasteiger partial charge in [0.05, 0.1) is 38.0 Å². The van der Waals surface area contributed by atoms with Crippen molar-refractivity contribution in [2.75, 3.05) is 32.6 Å². The molecule has 1 atom stereocenters. The number of nitrogens with two attached hydrogens (primary N) is 1. The monoisotopic (exact) mass is 443 g/mol. The number of aromatic nitrogens is 1. The maximum absolute atomic E-state index is 13.4. The van der Waals surface area contributed by atoms with Crippen LogP contribution in [0.5, 0.6) is 5.75 Å². The summed E-state index contributed by atoms with van der Waals surface area (Å²) in [5.41, 5.74) is 12.9. The third kappa shape index (κ3) is 3.35. The Kier molecular flexibility index (Phi) is 4.81. The number of nitrogen functional groups attached to an aromatic ring is 1. The van der Waals surface area contributed by atoms with Gasteiger partial charge >= 0.3 is 0 Å². The fourth-order valence-electron chi connectivity index (χ4n) is 4.95. The van der Waals surface area contributed by atoms with Crippen LogP contribution in [0.1, 0.15) is 45.1 Å². The van der Waals surface area contributed by atoms with Crippen molar-refractivity contribution in [2.45, 2.75) is 25.7 Å². The Balaban J connectivity index is 1.29. The first-order valence-electron chi connectivity index (χ1n) is 11.2. The highest BCUT2D eigenvalue weighted by Crippen LogP contribution is 2.39. The molecule has 3 aliphatic rings. The van der Waals surface area contributed by atoms with E-state index in [0.717, 1.165) is 51.9 Å². The summed E-state index contributed by atoms with van der Waals surface area (Å²) in [7, 11) is 1.83. The van der Waals surface area contributed by atoms with Gasteiger partial charge in [0, 0.05) is 29.1 Å². The normalized spacial score (nSPS) is 19.1. The Labute approximate surface area is 191 Å². The van der Waals surface area contributed by atoms with Crippen molar-refractivity contribution in [1.82, 2.24) is 9.88 Å². The standard InChI is InChI=1S/C26H25N3O4/c1-29(23-14-33-24-11-16(2-4-18(23)24)15-6-8-31-9-7-15)26(30)17-3-5-22-19(10-17)20-12-32-13-21(20)25(27)28-22/h2-6,10-11,23H,7-9,12-14H2,1H3,(H2,27,28)/t23-/m1/s1. The van der Waals surface area contributed by atoms with Gasteiger partial charge < -0.3 is 24.8 Å². The van der Waals surface area contributed by atoms with Gasteiger partial charge in [0.1, 0.15) is 18.2 Å². The average molecular weight is 444 g/mol. The van der Waals surface area contributed by atoms with Gasteiger partial charge in [-0.1, -0.05) is 18.2 Å². The molecule has 4 heterocycles. The van der Waals surface area contributed by atoms with Gasteiger partial charge in [-0.05, 0) is 47.4 Å². The van der Waals surface area contributed by atoms with Crippen LogP contribution in [0.4, 0.5) is 5.82 Å². The lowest BCUT2D eigenvalue weighted by Crippen LogP contribution is -2.32. The molecule has 7 nitrogen and oxygen atoms in total. The van der Waals surface area contributed by atoms with Gasteiger partial charge in [0.15, 0.2) is 0 Å². The Bertz CT molecular complexity index is 1320. The zero-order valence-corrected chi connectivity index (χ0v) is 18.5. The Hall–Kier alpha value is -3.42. The molecule has 0 aliphatic carbocycles. The van der Waals surface area contributed by atoms with Gasteiger partial charge in [-0.3, -0.25) is 4.79 Å². The molecule has 0 radical (unpaired) electrons. The molecule has 0 fully saturated rings. The first-order chi connectivity index (χ1) is 16.1. The maximum atomic E-state index is 13.4. The second-order valence-electron chi connectivity index (χ2n) is 8.73. The van der Waals surface area contributed by atoms with Crippen molar-refractivity contribution in [3.05, 3.63) is 70.3 Å². The number of pyridine rings is 1. The molecule has 33 heavy (non-hydrogen) atoms. The molecule has 3 aliphatic heterocycles. The predicted molar refractivity (Wildman–Crippen MR) is 125 cm³/mol. The summed E-state index contributed by atoms with van der Waals surface area (Å²) >= 11 is 0. The second kappa shape index (κ2) is 7.86. The van der Waals surface area contributed by atoms with Crippen LogP contribution in [0.2, 0.25) is 0 Å². The molecule has 6 rings (SSSR count). The number of hydrogen-bond donors (Lipinski definition) is 1. The van der Waals surface area contributed by atoms with Crippen molar-refractivity contribution >= 4 is 28.2 Å². The predicted octanol–water partition coefficient (Wildman–Crippen LogP) is 3.86. The van der Waals surface area contributed by atoms with Crippen molar-refractivity contribution in [3.63, 3.8) is 0 Å². The lowest BCUT2D eigenvalue weighted by molar-refractivity contribution is 0.0708. The van der Waals surface area contributed by atoms with Gasteiger partial charge in [-0.25, -0.2) is 4.98 Å². The SMILES string of the molecule is CN(C(=O)c1ccc2nc(N)c3c(c2c1)COC3)[C@@H]1COc2cc(C3=CCOCC3)ccc21. The van der Waals surface area contributed by atoms with Gasteiger partial charge in [0.2, 0.25) is 0 Å². The van der Waals surface area contributed by atoms with Crippen LogP contribution in [0.25, 0.3) is 16.5 Å². The van der Waals surface area contributed by atoms with E-state index in [1.807, 2.05) is 25.2 Å². The molecular weight excluding hydrogens is 418 g/mol. The molecule has 0 saturated heterocycles. The number of carbonyl (C=O) groups excluding carboxylic acids is 1. The molecule has 0 bridgehead atoms. The van der Waals surface area contributed by atoms with E-state index in [4.69, 9.17) is 19.9 Å². The Morgan fingerprint density at radius 2 is 2.00 bits per heavy atom. The number of ether oxygens (including phenoxy) is 3. The quantitative estimate of drug-likeness (QED) is 0.662. The van der Waals surface area contributed by atoms with Gasteiger partial charge in [-0.2, -0.15) is 0 Å². The summed E-state index contributed by atoms with van der Waals surface area (Å²) in [5, 5.41) is 0.924. The maximum Gasteiger partial charge on any atom is 0.254 e. The molecular formula is C26H25N3O4. The summed E-state index contributed by atoms with van der Waals surface area (Å²) in [5.74, 6) is 1.29. The largest absolute Gasteiger partial charge is 0.491 e. The summed E-state index contributed by atoms with van der Waals surface area (Å²) in [6.07, 6.45) is 3.02.